The molecule has 3 rings (SSSR count). The van der Waals surface area contributed by atoms with Crippen molar-refractivity contribution >= 4 is 5.91 Å². The van der Waals surface area contributed by atoms with Crippen molar-refractivity contribution in [1.29, 1.82) is 0 Å². The first-order valence-corrected chi connectivity index (χ1v) is 9.93. The summed E-state index contributed by atoms with van der Waals surface area (Å²) in [6, 6.07) is 5.37. The van der Waals surface area contributed by atoms with Gasteiger partial charge in [-0.15, -0.1) is 0 Å². The van der Waals surface area contributed by atoms with Crippen LogP contribution in [0.1, 0.15) is 49.7 Å². The van der Waals surface area contributed by atoms with Crippen molar-refractivity contribution in [3.05, 3.63) is 47.4 Å². The molecule has 0 bridgehead atoms. The van der Waals surface area contributed by atoms with Crippen molar-refractivity contribution in [2.75, 3.05) is 32.8 Å². The van der Waals surface area contributed by atoms with Gasteiger partial charge in [0.05, 0.1) is 6.54 Å². The highest BCUT2D eigenvalue weighted by Crippen LogP contribution is 2.23. The van der Waals surface area contributed by atoms with Crippen LogP contribution >= 0.6 is 0 Å². The second-order valence-electron chi connectivity index (χ2n) is 7.17. The van der Waals surface area contributed by atoms with E-state index in [2.05, 4.69) is 15.0 Å². The standard InChI is InChI=1S/C20H28FN5O3/c1-3-28-14(2)20-23-17(29-24-20)13-25-9-4-10-26(12-11-25)18(19(22)27)15-5-7-16(21)8-6-15/h5-8,14,18H,3-4,9-13H2,1-2H3,(H2,22,27)/t14-,18-/m1/s1. The number of aromatic nitrogens is 2. The molecule has 1 saturated heterocycles. The van der Waals surface area contributed by atoms with Crippen LogP contribution in [0.3, 0.4) is 0 Å². The minimum absolute atomic E-state index is 0.204. The van der Waals surface area contributed by atoms with Crippen LogP contribution in [-0.4, -0.2) is 58.6 Å². The number of halogens is 1. The average molecular weight is 405 g/mol. The lowest BCUT2D eigenvalue weighted by atomic mass is 10.0. The van der Waals surface area contributed by atoms with Crippen molar-refractivity contribution in [1.82, 2.24) is 19.9 Å². The lowest BCUT2D eigenvalue weighted by Gasteiger charge is -2.28. The van der Waals surface area contributed by atoms with Crippen LogP contribution in [0, 0.1) is 5.82 Å². The molecule has 1 aliphatic heterocycles. The number of benzene rings is 1. The van der Waals surface area contributed by atoms with Crippen LogP contribution < -0.4 is 5.73 Å². The summed E-state index contributed by atoms with van der Waals surface area (Å²) in [6.45, 7) is 7.87. The summed E-state index contributed by atoms with van der Waals surface area (Å²) in [4.78, 5) is 20.8. The second kappa shape index (κ2) is 9.91. The molecule has 0 unspecified atom stereocenters. The molecule has 1 aromatic heterocycles. The van der Waals surface area contributed by atoms with Gasteiger partial charge in [-0.1, -0.05) is 17.3 Å². The zero-order valence-corrected chi connectivity index (χ0v) is 16.9. The summed E-state index contributed by atoms with van der Waals surface area (Å²) < 4.78 is 24.1. The number of nitrogens with zero attached hydrogens (tertiary/aromatic N) is 4. The van der Waals surface area contributed by atoms with Crippen LogP contribution in [0.5, 0.6) is 0 Å². The van der Waals surface area contributed by atoms with Gasteiger partial charge < -0.3 is 15.0 Å². The Balaban J connectivity index is 1.62. The number of amides is 1. The molecule has 1 aliphatic rings. The molecule has 1 amide bonds. The van der Waals surface area contributed by atoms with Crippen molar-refractivity contribution in [3.63, 3.8) is 0 Å². The third-order valence-corrected chi connectivity index (χ3v) is 5.07. The molecule has 2 atom stereocenters. The minimum atomic E-state index is -0.572. The zero-order chi connectivity index (χ0) is 20.8. The Kier molecular flexibility index (Phi) is 7.29. The Labute approximate surface area is 169 Å². The van der Waals surface area contributed by atoms with Gasteiger partial charge in [0.2, 0.25) is 11.8 Å². The van der Waals surface area contributed by atoms with Crippen molar-refractivity contribution in [2.45, 2.75) is 39.0 Å². The van der Waals surface area contributed by atoms with E-state index in [1.54, 1.807) is 12.1 Å². The van der Waals surface area contributed by atoms with Gasteiger partial charge in [0.25, 0.3) is 0 Å². The van der Waals surface area contributed by atoms with Gasteiger partial charge in [0, 0.05) is 26.2 Å². The molecule has 9 heteroatoms. The fourth-order valence-corrected chi connectivity index (χ4v) is 3.62. The number of nitrogens with two attached hydrogens (primary N) is 1. The molecule has 0 radical (unpaired) electrons. The van der Waals surface area contributed by atoms with Gasteiger partial charge in [-0.25, -0.2) is 4.39 Å². The smallest absolute Gasteiger partial charge is 0.240 e. The maximum Gasteiger partial charge on any atom is 0.240 e. The highest BCUT2D eigenvalue weighted by Gasteiger charge is 2.28. The van der Waals surface area contributed by atoms with E-state index in [1.807, 2.05) is 18.7 Å². The number of ether oxygens (including phenoxy) is 1. The summed E-state index contributed by atoms with van der Waals surface area (Å²) in [5.41, 5.74) is 6.38. The van der Waals surface area contributed by atoms with E-state index in [9.17, 15) is 9.18 Å². The van der Waals surface area contributed by atoms with Gasteiger partial charge >= 0.3 is 0 Å². The van der Waals surface area contributed by atoms with E-state index in [1.165, 1.54) is 12.1 Å². The van der Waals surface area contributed by atoms with Crippen LogP contribution in [0.4, 0.5) is 4.39 Å². The van der Waals surface area contributed by atoms with Crippen molar-refractivity contribution < 1.29 is 18.4 Å². The van der Waals surface area contributed by atoms with Crippen molar-refractivity contribution in [2.24, 2.45) is 5.73 Å². The van der Waals surface area contributed by atoms with Gasteiger partial charge in [0.15, 0.2) is 5.82 Å². The van der Waals surface area contributed by atoms with E-state index in [4.69, 9.17) is 15.0 Å². The van der Waals surface area contributed by atoms with Gasteiger partial charge in [-0.3, -0.25) is 14.6 Å². The first kappa shape index (κ1) is 21.4. The summed E-state index contributed by atoms with van der Waals surface area (Å²) in [5, 5.41) is 4.00. The lowest BCUT2D eigenvalue weighted by Crippen LogP contribution is -2.40. The maximum absolute atomic E-state index is 13.2. The maximum atomic E-state index is 13.2. The highest BCUT2D eigenvalue weighted by molar-refractivity contribution is 5.81. The Morgan fingerprint density at radius 3 is 2.72 bits per heavy atom. The normalized spacial score (nSPS) is 18.3. The van der Waals surface area contributed by atoms with E-state index in [-0.39, 0.29) is 11.9 Å². The summed E-state index contributed by atoms with van der Waals surface area (Å²) in [5.74, 6) is 0.321. The van der Waals surface area contributed by atoms with Crippen LogP contribution in [0.25, 0.3) is 0 Å². The van der Waals surface area contributed by atoms with E-state index in [0.29, 0.717) is 37.0 Å². The predicted molar refractivity (Wildman–Crippen MR) is 104 cm³/mol. The number of carbonyl (C=O) groups excluding carboxylic acids is 1. The number of rotatable bonds is 8. The molecular weight excluding hydrogens is 377 g/mol. The first-order chi connectivity index (χ1) is 14.0. The summed E-state index contributed by atoms with van der Waals surface area (Å²) >= 11 is 0. The largest absolute Gasteiger partial charge is 0.371 e. The fraction of sp³-hybridized carbons (Fsp3) is 0.550. The molecule has 0 saturated carbocycles. The third-order valence-electron chi connectivity index (χ3n) is 5.07. The Bertz CT molecular complexity index is 798. The Hall–Kier alpha value is -2.36. The first-order valence-electron chi connectivity index (χ1n) is 9.93. The Morgan fingerprint density at radius 1 is 1.28 bits per heavy atom. The number of hydrogen-bond donors (Lipinski definition) is 1. The van der Waals surface area contributed by atoms with E-state index < -0.39 is 11.9 Å². The zero-order valence-electron chi connectivity index (χ0n) is 16.9. The molecule has 0 aliphatic carbocycles. The molecule has 1 aromatic carbocycles. The number of carbonyl (C=O) groups is 1. The average Bonchev–Trinajstić information content (AvgIpc) is 3.04. The van der Waals surface area contributed by atoms with Crippen molar-refractivity contribution in [3.8, 4) is 0 Å². The lowest BCUT2D eigenvalue weighted by molar-refractivity contribution is -0.123. The third kappa shape index (κ3) is 5.59. The second-order valence-corrected chi connectivity index (χ2v) is 7.17. The summed E-state index contributed by atoms with van der Waals surface area (Å²) in [6.07, 6.45) is 0.658. The molecule has 1 fully saturated rings. The quantitative estimate of drug-likeness (QED) is 0.718. The van der Waals surface area contributed by atoms with E-state index >= 15 is 0 Å². The van der Waals surface area contributed by atoms with Crippen LogP contribution in [0.2, 0.25) is 0 Å². The minimum Gasteiger partial charge on any atom is -0.371 e. The molecule has 158 valence electrons. The molecule has 2 heterocycles. The monoisotopic (exact) mass is 405 g/mol. The predicted octanol–water partition coefficient (Wildman–Crippen LogP) is 2.04. The Morgan fingerprint density at radius 2 is 2.03 bits per heavy atom. The SMILES string of the molecule is CCO[C@H](C)c1noc(CN2CCCN([C@@H](C(N)=O)c3ccc(F)cc3)CC2)n1. The molecule has 0 spiro atoms. The van der Waals surface area contributed by atoms with Gasteiger partial charge in [-0.05, 0) is 44.5 Å². The van der Waals surface area contributed by atoms with Crippen LogP contribution in [-0.2, 0) is 16.1 Å². The van der Waals surface area contributed by atoms with E-state index in [0.717, 1.165) is 26.1 Å². The molecule has 8 nitrogen and oxygen atoms in total. The molecular formula is C20H28FN5O3. The highest BCUT2D eigenvalue weighted by atomic mass is 19.1. The fourth-order valence-electron chi connectivity index (χ4n) is 3.62. The number of primary amides is 1. The topological polar surface area (TPSA) is 97.7 Å². The molecule has 29 heavy (non-hydrogen) atoms. The van der Waals surface area contributed by atoms with Crippen LogP contribution in [0.15, 0.2) is 28.8 Å². The van der Waals surface area contributed by atoms with Gasteiger partial charge in [-0.2, -0.15) is 4.98 Å². The number of hydrogen-bond acceptors (Lipinski definition) is 7. The molecule has 2 N–H and O–H groups in total. The molecule has 2 aromatic rings. The summed E-state index contributed by atoms with van der Waals surface area (Å²) in [7, 11) is 0. The van der Waals surface area contributed by atoms with Gasteiger partial charge in [0.1, 0.15) is 18.0 Å².